The molecule has 0 aliphatic heterocycles. The van der Waals surface area contributed by atoms with E-state index in [1.807, 2.05) is 25.1 Å². The summed E-state index contributed by atoms with van der Waals surface area (Å²) < 4.78 is 0. The van der Waals surface area contributed by atoms with Gasteiger partial charge in [-0.25, -0.2) is 4.79 Å². The SMILES string of the molecule is Cc1ccc2nc(CN)cc(C(=O)O)c2c1. The molecule has 2 aromatic rings. The summed E-state index contributed by atoms with van der Waals surface area (Å²) in [4.78, 5) is 15.4. The monoisotopic (exact) mass is 216 g/mol. The van der Waals surface area contributed by atoms with Gasteiger partial charge in [-0.15, -0.1) is 0 Å². The zero-order valence-corrected chi connectivity index (χ0v) is 8.90. The number of hydrogen-bond donors (Lipinski definition) is 2. The molecular weight excluding hydrogens is 204 g/mol. The number of carboxylic acid groups (broad SMARTS) is 1. The van der Waals surface area contributed by atoms with Gasteiger partial charge in [0, 0.05) is 11.9 Å². The van der Waals surface area contributed by atoms with E-state index in [4.69, 9.17) is 10.8 Å². The molecule has 0 fully saturated rings. The van der Waals surface area contributed by atoms with Gasteiger partial charge in [-0.2, -0.15) is 0 Å². The van der Waals surface area contributed by atoms with Crippen LogP contribution in [0.15, 0.2) is 24.3 Å². The normalized spacial score (nSPS) is 10.6. The molecule has 1 aromatic heterocycles. The predicted molar refractivity (Wildman–Crippen MR) is 61.3 cm³/mol. The molecule has 0 bridgehead atoms. The standard InChI is InChI=1S/C12H12N2O2/c1-7-2-3-11-9(4-7)10(12(15)16)5-8(6-13)14-11/h2-5H,6,13H2,1H3,(H,15,16). The maximum absolute atomic E-state index is 11.1. The highest BCUT2D eigenvalue weighted by molar-refractivity contribution is 6.02. The first-order valence-electron chi connectivity index (χ1n) is 4.95. The number of pyridine rings is 1. The molecule has 4 nitrogen and oxygen atoms in total. The maximum Gasteiger partial charge on any atom is 0.336 e. The van der Waals surface area contributed by atoms with E-state index in [-0.39, 0.29) is 12.1 Å². The second-order valence-corrected chi connectivity index (χ2v) is 3.69. The Morgan fingerprint density at radius 1 is 1.44 bits per heavy atom. The van der Waals surface area contributed by atoms with E-state index in [2.05, 4.69) is 4.98 Å². The summed E-state index contributed by atoms with van der Waals surface area (Å²) in [6.45, 7) is 2.16. The summed E-state index contributed by atoms with van der Waals surface area (Å²) in [5, 5.41) is 9.78. The van der Waals surface area contributed by atoms with Gasteiger partial charge in [0.25, 0.3) is 0 Å². The molecule has 3 N–H and O–H groups in total. The van der Waals surface area contributed by atoms with E-state index in [9.17, 15) is 4.79 Å². The van der Waals surface area contributed by atoms with Crippen molar-refractivity contribution in [3.63, 3.8) is 0 Å². The fourth-order valence-electron chi connectivity index (χ4n) is 1.68. The first-order chi connectivity index (χ1) is 7.61. The van der Waals surface area contributed by atoms with E-state index in [1.54, 1.807) is 0 Å². The lowest BCUT2D eigenvalue weighted by molar-refractivity contribution is 0.0699. The number of benzene rings is 1. The molecule has 0 amide bonds. The van der Waals surface area contributed by atoms with E-state index in [1.165, 1.54) is 6.07 Å². The fraction of sp³-hybridized carbons (Fsp3) is 0.167. The molecule has 0 aliphatic rings. The van der Waals surface area contributed by atoms with Crippen LogP contribution in [0.5, 0.6) is 0 Å². The van der Waals surface area contributed by atoms with Gasteiger partial charge in [-0.1, -0.05) is 11.6 Å². The Morgan fingerprint density at radius 2 is 2.19 bits per heavy atom. The number of fused-ring (bicyclic) bond motifs is 1. The van der Waals surface area contributed by atoms with Gasteiger partial charge in [0.1, 0.15) is 0 Å². The summed E-state index contributed by atoms with van der Waals surface area (Å²) in [6, 6.07) is 7.08. The first-order valence-corrected chi connectivity index (χ1v) is 4.95. The molecule has 82 valence electrons. The molecule has 0 saturated carbocycles. The minimum Gasteiger partial charge on any atom is -0.478 e. The van der Waals surface area contributed by atoms with Crippen molar-refractivity contribution in [2.24, 2.45) is 5.73 Å². The Morgan fingerprint density at radius 3 is 2.81 bits per heavy atom. The first kappa shape index (κ1) is 10.6. The van der Waals surface area contributed by atoms with E-state index >= 15 is 0 Å². The minimum absolute atomic E-state index is 0.240. The van der Waals surface area contributed by atoms with E-state index in [0.717, 1.165) is 5.56 Å². The van der Waals surface area contributed by atoms with Gasteiger partial charge in [0.05, 0.1) is 16.8 Å². The molecule has 0 atom stereocenters. The number of carboxylic acids is 1. The average molecular weight is 216 g/mol. The Balaban J connectivity index is 2.82. The van der Waals surface area contributed by atoms with E-state index in [0.29, 0.717) is 16.6 Å². The molecule has 1 heterocycles. The molecule has 0 spiro atoms. The van der Waals surface area contributed by atoms with Crippen molar-refractivity contribution < 1.29 is 9.90 Å². The Labute approximate surface area is 92.7 Å². The zero-order chi connectivity index (χ0) is 11.7. The summed E-state index contributed by atoms with van der Waals surface area (Å²) >= 11 is 0. The number of nitrogens with zero attached hydrogens (tertiary/aromatic N) is 1. The van der Waals surface area contributed by atoms with Crippen molar-refractivity contribution in [3.05, 3.63) is 41.1 Å². The molecule has 0 saturated heterocycles. The molecule has 0 aliphatic carbocycles. The summed E-state index contributed by atoms with van der Waals surface area (Å²) in [7, 11) is 0. The number of hydrogen-bond acceptors (Lipinski definition) is 3. The Kier molecular flexibility index (Phi) is 2.58. The van der Waals surface area contributed by atoms with Crippen molar-refractivity contribution in [1.29, 1.82) is 0 Å². The van der Waals surface area contributed by atoms with Crippen LogP contribution in [0.1, 0.15) is 21.6 Å². The summed E-state index contributed by atoms with van der Waals surface area (Å²) in [5.74, 6) is -0.951. The maximum atomic E-state index is 11.1. The van der Waals surface area contributed by atoms with Gasteiger partial charge in [-0.3, -0.25) is 4.98 Å². The number of nitrogens with two attached hydrogens (primary N) is 1. The summed E-state index contributed by atoms with van der Waals surface area (Å²) in [5.41, 5.74) is 8.02. The van der Waals surface area contributed by atoms with Crippen molar-refractivity contribution in [2.75, 3.05) is 0 Å². The lowest BCUT2D eigenvalue weighted by Gasteiger charge is -2.06. The molecule has 2 rings (SSSR count). The predicted octanol–water partition coefficient (Wildman–Crippen LogP) is 1.70. The zero-order valence-electron chi connectivity index (χ0n) is 8.90. The van der Waals surface area contributed by atoms with Crippen LogP contribution in [0.4, 0.5) is 0 Å². The van der Waals surface area contributed by atoms with Gasteiger partial charge in [0.2, 0.25) is 0 Å². The second-order valence-electron chi connectivity index (χ2n) is 3.69. The average Bonchev–Trinajstić information content (AvgIpc) is 2.27. The third kappa shape index (κ3) is 1.75. The Bertz CT molecular complexity index is 564. The van der Waals surface area contributed by atoms with Crippen molar-refractivity contribution in [2.45, 2.75) is 13.5 Å². The molecule has 0 radical (unpaired) electrons. The van der Waals surface area contributed by atoms with Crippen molar-refractivity contribution in [3.8, 4) is 0 Å². The van der Waals surface area contributed by atoms with Crippen LogP contribution in [0.3, 0.4) is 0 Å². The number of rotatable bonds is 2. The third-order valence-corrected chi connectivity index (χ3v) is 2.46. The van der Waals surface area contributed by atoms with Crippen LogP contribution in [-0.4, -0.2) is 16.1 Å². The smallest absolute Gasteiger partial charge is 0.336 e. The minimum atomic E-state index is -0.951. The van der Waals surface area contributed by atoms with Crippen molar-refractivity contribution in [1.82, 2.24) is 4.98 Å². The number of aromatic carboxylic acids is 1. The number of aryl methyl sites for hydroxylation is 1. The lowest BCUT2D eigenvalue weighted by atomic mass is 10.1. The van der Waals surface area contributed by atoms with Gasteiger partial charge < -0.3 is 10.8 Å². The van der Waals surface area contributed by atoms with Gasteiger partial charge in [-0.05, 0) is 25.1 Å². The highest BCUT2D eigenvalue weighted by atomic mass is 16.4. The Hall–Kier alpha value is -1.94. The molecule has 0 unspecified atom stereocenters. The third-order valence-electron chi connectivity index (χ3n) is 2.46. The van der Waals surface area contributed by atoms with E-state index < -0.39 is 5.97 Å². The largest absolute Gasteiger partial charge is 0.478 e. The van der Waals surface area contributed by atoms with Crippen LogP contribution in [-0.2, 0) is 6.54 Å². The van der Waals surface area contributed by atoms with Gasteiger partial charge in [0.15, 0.2) is 0 Å². The number of carbonyl (C=O) groups is 1. The fourth-order valence-corrected chi connectivity index (χ4v) is 1.68. The second kappa shape index (κ2) is 3.90. The quantitative estimate of drug-likeness (QED) is 0.801. The lowest BCUT2D eigenvalue weighted by Crippen LogP contribution is -2.05. The highest BCUT2D eigenvalue weighted by Crippen LogP contribution is 2.20. The molecular formula is C12H12N2O2. The molecule has 1 aromatic carbocycles. The van der Waals surface area contributed by atoms with Crippen LogP contribution in [0, 0.1) is 6.92 Å². The number of aromatic nitrogens is 1. The highest BCUT2D eigenvalue weighted by Gasteiger charge is 2.11. The summed E-state index contributed by atoms with van der Waals surface area (Å²) in [6.07, 6.45) is 0. The van der Waals surface area contributed by atoms with Crippen LogP contribution >= 0.6 is 0 Å². The van der Waals surface area contributed by atoms with Crippen LogP contribution in [0.25, 0.3) is 10.9 Å². The van der Waals surface area contributed by atoms with Crippen LogP contribution in [0.2, 0.25) is 0 Å². The molecule has 16 heavy (non-hydrogen) atoms. The van der Waals surface area contributed by atoms with Crippen LogP contribution < -0.4 is 5.73 Å². The van der Waals surface area contributed by atoms with Gasteiger partial charge >= 0.3 is 5.97 Å². The molecule has 4 heteroatoms. The van der Waals surface area contributed by atoms with Crippen molar-refractivity contribution >= 4 is 16.9 Å². The topological polar surface area (TPSA) is 76.2 Å².